The van der Waals surface area contributed by atoms with Crippen LogP contribution in [0.3, 0.4) is 0 Å². The molecule has 1 heterocycles. The highest BCUT2D eigenvalue weighted by Crippen LogP contribution is 2.23. The molecule has 0 radical (unpaired) electrons. The zero-order valence-electron chi connectivity index (χ0n) is 13.8. The first-order valence-corrected chi connectivity index (χ1v) is 8.41. The van der Waals surface area contributed by atoms with Gasteiger partial charge in [-0.1, -0.05) is 36.7 Å². The number of benzene rings is 2. The summed E-state index contributed by atoms with van der Waals surface area (Å²) in [6, 6.07) is 13.2. The molecule has 2 aromatic carbocycles. The molecule has 0 unspecified atom stereocenters. The Morgan fingerprint density at radius 1 is 1.21 bits per heavy atom. The average molecular weight is 343 g/mol. The number of carbonyl (C=O) groups excluding carboxylic acids is 1. The number of esters is 1. The molecule has 124 valence electrons. The van der Waals surface area contributed by atoms with Crippen LogP contribution < -0.4 is 0 Å². The van der Waals surface area contributed by atoms with Gasteiger partial charge in [0.15, 0.2) is 0 Å². The lowest BCUT2D eigenvalue weighted by Gasteiger charge is -2.10. The van der Waals surface area contributed by atoms with Crippen molar-refractivity contribution in [2.45, 2.75) is 26.8 Å². The van der Waals surface area contributed by atoms with Crippen LogP contribution in [0.2, 0.25) is 5.02 Å². The third-order valence-electron chi connectivity index (χ3n) is 3.94. The molecular weight excluding hydrogens is 324 g/mol. The van der Waals surface area contributed by atoms with Crippen LogP contribution in [0.1, 0.15) is 35.6 Å². The Bertz CT molecular complexity index is 886. The first-order valence-electron chi connectivity index (χ1n) is 8.03. The second-order valence-corrected chi connectivity index (χ2v) is 5.89. The molecule has 3 aromatic rings. The van der Waals surface area contributed by atoms with E-state index in [1.165, 1.54) is 0 Å². The number of rotatable bonds is 5. The summed E-state index contributed by atoms with van der Waals surface area (Å²) in [4.78, 5) is 16.7. The average Bonchev–Trinajstić information content (AvgIpc) is 2.94. The maximum absolute atomic E-state index is 12.0. The van der Waals surface area contributed by atoms with E-state index >= 15 is 0 Å². The van der Waals surface area contributed by atoms with E-state index in [4.69, 9.17) is 16.3 Å². The molecule has 0 amide bonds. The van der Waals surface area contributed by atoms with Crippen LogP contribution in [0.5, 0.6) is 0 Å². The number of hydrogen-bond donors (Lipinski definition) is 0. The summed E-state index contributed by atoms with van der Waals surface area (Å²) in [5.74, 6) is 0.647. The van der Waals surface area contributed by atoms with Crippen LogP contribution in [0.15, 0.2) is 42.5 Å². The summed E-state index contributed by atoms with van der Waals surface area (Å²) in [6.45, 7) is 4.84. The van der Waals surface area contributed by atoms with Crippen LogP contribution in [-0.4, -0.2) is 22.1 Å². The largest absolute Gasteiger partial charge is 0.462 e. The van der Waals surface area contributed by atoms with E-state index in [0.717, 1.165) is 33.9 Å². The van der Waals surface area contributed by atoms with Crippen molar-refractivity contribution in [3.8, 4) is 0 Å². The number of hydrogen-bond acceptors (Lipinski definition) is 3. The van der Waals surface area contributed by atoms with E-state index < -0.39 is 0 Å². The number of nitrogens with zero attached hydrogens (tertiary/aromatic N) is 2. The van der Waals surface area contributed by atoms with E-state index in [-0.39, 0.29) is 5.97 Å². The Balaban J connectivity index is 2.09. The van der Waals surface area contributed by atoms with Crippen LogP contribution in [-0.2, 0) is 17.7 Å². The van der Waals surface area contributed by atoms with E-state index in [0.29, 0.717) is 18.7 Å². The topological polar surface area (TPSA) is 44.1 Å². The van der Waals surface area contributed by atoms with E-state index in [1.54, 1.807) is 13.0 Å². The van der Waals surface area contributed by atoms with Gasteiger partial charge in [-0.05, 0) is 36.8 Å². The Kier molecular flexibility index (Phi) is 4.86. The Morgan fingerprint density at radius 2 is 2.00 bits per heavy atom. The van der Waals surface area contributed by atoms with Gasteiger partial charge >= 0.3 is 5.97 Å². The van der Waals surface area contributed by atoms with Gasteiger partial charge in [-0.25, -0.2) is 9.78 Å². The minimum absolute atomic E-state index is 0.317. The SMILES string of the molecule is CCOC(=O)c1ccc2nc(CC)n(Cc3ccccc3Cl)c2c1. The van der Waals surface area contributed by atoms with Crippen LogP contribution in [0.25, 0.3) is 11.0 Å². The van der Waals surface area contributed by atoms with Gasteiger partial charge < -0.3 is 9.30 Å². The van der Waals surface area contributed by atoms with Crippen molar-refractivity contribution in [1.82, 2.24) is 9.55 Å². The molecule has 3 rings (SSSR count). The molecule has 0 bridgehead atoms. The lowest BCUT2D eigenvalue weighted by molar-refractivity contribution is 0.0526. The summed E-state index contributed by atoms with van der Waals surface area (Å²) in [6.07, 6.45) is 0.799. The maximum Gasteiger partial charge on any atom is 0.338 e. The first kappa shape index (κ1) is 16.5. The molecule has 0 saturated carbocycles. The molecule has 4 nitrogen and oxygen atoms in total. The smallest absolute Gasteiger partial charge is 0.338 e. The molecule has 0 aliphatic heterocycles. The minimum atomic E-state index is -0.317. The standard InChI is InChI=1S/C19H19ClN2O2/c1-3-18-21-16-10-9-13(19(23)24-4-2)11-17(16)22(18)12-14-7-5-6-8-15(14)20/h5-11H,3-4,12H2,1-2H3. The lowest BCUT2D eigenvalue weighted by Crippen LogP contribution is -2.07. The molecule has 0 N–H and O–H groups in total. The second-order valence-electron chi connectivity index (χ2n) is 5.48. The third-order valence-corrected chi connectivity index (χ3v) is 4.31. The molecule has 0 spiro atoms. The number of aryl methyl sites for hydroxylation is 1. The summed E-state index contributed by atoms with van der Waals surface area (Å²) < 4.78 is 7.21. The zero-order chi connectivity index (χ0) is 17.1. The lowest BCUT2D eigenvalue weighted by atomic mass is 10.2. The predicted octanol–water partition coefficient (Wildman–Crippen LogP) is 4.48. The monoisotopic (exact) mass is 342 g/mol. The molecule has 24 heavy (non-hydrogen) atoms. The van der Waals surface area contributed by atoms with Gasteiger partial charge in [0.2, 0.25) is 0 Å². The van der Waals surface area contributed by atoms with E-state index in [1.807, 2.05) is 36.4 Å². The van der Waals surface area contributed by atoms with Gasteiger partial charge in [-0.3, -0.25) is 0 Å². The number of carbonyl (C=O) groups is 1. The number of halogens is 1. The maximum atomic E-state index is 12.0. The molecule has 0 aliphatic carbocycles. The van der Waals surface area contributed by atoms with Crippen molar-refractivity contribution in [2.24, 2.45) is 0 Å². The molecule has 0 saturated heterocycles. The van der Waals surface area contributed by atoms with Gasteiger partial charge in [-0.15, -0.1) is 0 Å². The fourth-order valence-corrected chi connectivity index (χ4v) is 2.95. The molecule has 0 atom stereocenters. The summed E-state index contributed by atoms with van der Waals surface area (Å²) in [5.41, 5.74) is 3.34. The highest BCUT2D eigenvalue weighted by molar-refractivity contribution is 6.31. The van der Waals surface area contributed by atoms with Crippen LogP contribution in [0, 0.1) is 0 Å². The van der Waals surface area contributed by atoms with E-state index in [9.17, 15) is 4.79 Å². The van der Waals surface area contributed by atoms with Crippen LogP contribution in [0.4, 0.5) is 0 Å². The molecule has 1 aromatic heterocycles. The zero-order valence-corrected chi connectivity index (χ0v) is 14.5. The van der Waals surface area contributed by atoms with Crippen molar-refractivity contribution in [3.05, 3.63) is 64.4 Å². The first-order chi connectivity index (χ1) is 11.6. The van der Waals surface area contributed by atoms with Gasteiger partial charge in [-0.2, -0.15) is 0 Å². The molecular formula is C19H19ClN2O2. The highest BCUT2D eigenvalue weighted by Gasteiger charge is 2.14. The number of aromatic nitrogens is 2. The quantitative estimate of drug-likeness (QED) is 0.642. The highest BCUT2D eigenvalue weighted by atomic mass is 35.5. The summed E-state index contributed by atoms with van der Waals surface area (Å²) in [5, 5.41) is 0.725. The fraction of sp³-hybridized carbons (Fsp3) is 0.263. The molecule has 0 fully saturated rings. The Hall–Kier alpha value is -2.33. The van der Waals surface area contributed by atoms with E-state index in [2.05, 4.69) is 16.5 Å². The second kappa shape index (κ2) is 7.05. The summed E-state index contributed by atoms with van der Waals surface area (Å²) >= 11 is 6.30. The Labute approximate surface area is 146 Å². The van der Waals surface area contributed by atoms with Gasteiger partial charge in [0.05, 0.1) is 29.7 Å². The number of fused-ring (bicyclic) bond motifs is 1. The van der Waals surface area contributed by atoms with Crippen molar-refractivity contribution in [2.75, 3.05) is 6.61 Å². The van der Waals surface area contributed by atoms with Gasteiger partial charge in [0.1, 0.15) is 5.82 Å². The van der Waals surface area contributed by atoms with Crippen molar-refractivity contribution < 1.29 is 9.53 Å². The van der Waals surface area contributed by atoms with Crippen molar-refractivity contribution in [1.29, 1.82) is 0 Å². The van der Waals surface area contributed by atoms with Gasteiger partial charge in [0, 0.05) is 11.4 Å². The minimum Gasteiger partial charge on any atom is -0.462 e. The fourth-order valence-electron chi connectivity index (χ4n) is 2.76. The number of imidazole rings is 1. The van der Waals surface area contributed by atoms with Crippen LogP contribution >= 0.6 is 11.6 Å². The predicted molar refractivity (Wildman–Crippen MR) is 95.6 cm³/mol. The molecule has 0 aliphatic rings. The molecule has 5 heteroatoms. The van der Waals surface area contributed by atoms with Crippen molar-refractivity contribution >= 4 is 28.6 Å². The number of ether oxygens (including phenoxy) is 1. The normalized spacial score (nSPS) is 11.0. The summed E-state index contributed by atoms with van der Waals surface area (Å²) in [7, 11) is 0. The van der Waals surface area contributed by atoms with Crippen molar-refractivity contribution in [3.63, 3.8) is 0 Å². The van der Waals surface area contributed by atoms with Gasteiger partial charge in [0.25, 0.3) is 0 Å². The third kappa shape index (κ3) is 3.15. The Morgan fingerprint density at radius 3 is 2.71 bits per heavy atom.